The maximum atomic E-state index is 8.88. The van der Waals surface area contributed by atoms with Crippen LogP contribution in [0.15, 0.2) is 46.4 Å². The summed E-state index contributed by atoms with van der Waals surface area (Å²) in [7, 11) is 2.76. The Bertz CT molecular complexity index is 244. The van der Waals surface area contributed by atoms with Gasteiger partial charge in [-0.25, -0.2) is 19.6 Å². The van der Waals surface area contributed by atoms with Gasteiger partial charge in [0.25, 0.3) is 0 Å². The number of benzene rings is 1. The predicted molar refractivity (Wildman–Crippen MR) is 54.5 cm³/mol. The van der Waals surface area contributed by atoms with E-state index in [9.17, 15) is 0 Å². The molecule has 4 heteroatoms. The minimum Gasteiger partial charge on any atom is -0.211 e. The van der Waals surface area contributed by atoms with Crippen molar-refractivity contribution in [1.29, 1.82) is 0 Å². The van der Waals surface area contributed by atoms with E-state index in [2.05, 4.69) is 9.98 Å². The van der Waals surface area contributed by atoms with E-state index in [0.29, 0.717) is 0 Å². The lowest BCUT2D eigenvalue weighted by Gasteiger charge is -1.69. The quantitative estimate of drug-likeness (QED) is 0.463. The first kappa shape index (κ1) is 14.5. The summed E-state index contributed by atoms with van der Waals surface area (Å²) in [6.45, 7) is 0. The number of hydrogen-bond donors (Lipinski definition) is 0. The molecule has 1 aromatic carbocycles. The van der Waals surface area contributed by atoms with E-state index in [1.807, 2.05) is 36.4 Å². The molecule has 74 valence electrons. The van der Waals surface area contributed by atoms with E-state index in [-0.39, 0.29) is 0 Å². The van der Waals surface area contributed by atoms with Crippen molar-refractivity contribution in [2.45, 2.75) is 0 Å². The molecule has 0 atom stereocenters. The maximum Gasteiger partial charge on any atom is 0.234 e. The van der Waals surface area contributed by atoms with E-state index >= 15 is 0 Å². The lowest BCUT2D eigenvalue weighted by Crippen LogP contribution is -1.47. The summed E-state index contributed by atoms with van der Waals surface area (Å²) in [4.78, 5) is 23.6. The largest absolute Gasteiger partial charge is 0.234 e. The Morgan fingerprint density at radius 1 is 0.714 bits per heavy atom. The second-order valence-corrected chi connectivity index (χ2v) is 1.78. The smallest absolute Gasteiger partial charge is 0.211 e. The van der Waals surface area contributed by atoms with Gasteiger partial charge in [0.05, 0.1) is 0 Å². The highest BCUT2D eigenvalue weighted by molar-refractivity contribution is 5.32. The molecule has 0 aliphatic heterocycles. The molecule has 0 spiro atoms. The predicted octanol–water partition coefficient (Wildman–Crippen LogP) is 1.59. The second-order valence-electron chi connectivity index (χ2n) is 1.78. The van der Waals surface area contributed by atoms with Gasteiger partial charge < -0.3 is 0 Å². The van der Waals surface area contributed by atoms with Gasteiger partial charge in [-0.15, -0.1) is 0 Å². The number of aliphatic imine (C=N–C) groups is 2. The van der Waals surface area contributed by atoms with E-state index in [4.69, 9.17) is 9.59 Å². The van der Waals surface area contributed by atoms with Gasteiger partial charge in [-0.2, -0.15) is 0 Å². The van der Waals surface area contributed by atoms with Crippen molar-refractivity contribution in [3.05, 3.63) is 36.4 Å². The van der Waals surface area contributed by atoms with Crippen LogP contribution in [0.25, 0.3) is 0 Å². The molecule has 0 N–H and O–H groups in total. The second kappa shape index (κ2) is 17.2. The van der Waals surface area contributed by atoms with Crippen molar-refractivity contribution in [1.82, 2.24) is 0 Å². The van der Waals surface area contributed by atoms with E-state index in [1.165, 1.54) is 26.3 Å². The van der Waals surface area contributed by atoms with Crippen LogP contribution in [0.1, 0.15) is 0 Å². The van der Waals surface area contributed by atoms with E-state index < -0.39 is 0 Å². The third-order valence-electron chi connectivity index (χ3n) is 0.849. The Hall–Kier alpha value is -2.02. The standard InChI is InChI=1S/C6H6.2C2H3NO/c1-2-4-6-5-3-1;2*1-3-2-4/h1-6H;2*1H3. The topological polar surface area (TPSA) is 58.9 Å². The summed E-state index contributed by atoms with van der Waals surface area (Å²) >= 11 is 0. The van der Waals surface area contributed by atoms with Crippen LogP contribution in [-0.2, 0) is 9.59 Å². The number of nitrogens with zero attached hydrogens (tertiary/aromatic N) is 2. The van der Waals surface area contributed by atoms with E-state index in [0.717, 1.165) is 0 Å². The molecule has 0 bridgehead atoms. The van der Waals surface area contributed by atoms with Crippen LogP contribution in [0.3, 0.4) is 0 Å². The minimum absolute atomic E-state index is 1.31. The fourth-order valence-corrected chi connectivity index (χ4v) is 0.385. The molecule has 1 aromatic rings. The fourth-order valence-electron chi connectivity index (χ4n) is 0.385. The highest BCUT2D eigenvalue weighted by atomic mass is 16.1. The highest BCUT2D eigenvalue weighted by Gasteiger charge is 1.57. The van der Waals surface area contributed by atoms with Gasteiger partial charge in [0, 0.05) is 14.1 Å². The van der Waals surface area contributed by atoms with Gasteiger partial charge in [-0.3, -0.25) is 0 Å². The van der Waals surface area contributed by atoms with Gasteiger partial charge in [-0.05, 0) is 0 Å². The van der Waals surface area contributed by atoms with Crippen LogP contribution in [0.4, 0.5) is 0 Å². The molecule has 4 nitrogen and oxygen atoms in total. The Kier molecular flexibility index (Phi) is 17.8. The molecule has 0 saturated heterocycles. The molecular formula is C10H12N2O2. The van der Waals surface area contributed by atoms with Gasteiger partial charge in [0.1, 0.15) is 0 Å². The molecule has 0 aromatic heterocycles. The zero-order valence-electron chi connectivity index (χ0n) is 8.18. The lowest BCUT2D eigenvalue weighted by molar-refractivity contribution is 0.564. The summed E-state index contributed by atoms with van der Waals surface area (Å²) in [6.07, 6.45) is 2.61. The number of hydrogen-bond acceptors (Lipinski definition) is 4. The van der Waals surface area contributed by atoms with Crippen LogP contribution in [0.5, 0.6) is 0 Å². The molecule has 0 fully saturated rings. The molecule has 1 rings (SSSR count). The average molecular weight is 192 g/mol. The Morgan fingerprint density at radius 2 is 0.857 bits per heavy atom. The Morgan fingerprint density at radius 3 is 0.929 bits per heavy atom. The highest BCUT2D eigenvalue weighted by Crippen LogP contribution is 1.79. The maximum absolute atomic E-state index is 8.88. The SMILES string of the molecule is CN=C=O.CN=C=O.c1ccccc1. The third kappa shape index (κ3) is 22.5. The molecule has 0 amide bonds. The summed E-state index contributed by atoms with van der Waals surface area (Å²) < 4.78 is 0. The van der Waals surface area contributed by atoms with Crippen LogP contribution in [0.2, 0.25) is 0 Å². The summed E-state index contributed by atoms with van der Waals surface area (Å²) in [6, 6.07) is 12.0. The lowest BCUT2D eigenvalue weighted by atomic mass is 10.4. The summed E-state index contributed by atoms with van der Waals surface area (Å²) in [5, 5.41) is 0. The normalized spacial score (nSPS) is 5.86. The zero-order chi connectivity index (χ0) is 11.1. The number of isocyanates is 2. The first-order valence-corrected chi connectivity index (χ1v) is 3.75. The average Bonchev–Trinajstić information content (AvgIpc) is 2.32. The van der Waals surface area contributed by atoms with Crippen molar-refractivity contribution >= 4 is 12.2 Å². The van der Waals surface area contributed by atoms with Crippen LogP contribution < -0.4 is 0 Å². The molecule has 14 heavy (non-hydrogen) atoms. The monoisotopic (exact) mass is 192 g/mol. The number of rotatable bonds is 0. The molecule has 0 radical (unpaired) electrons. The van der Waals surface area contributed by atoms with Crippen molar-refractivity contribution in [3.8, 4) is 0 Å². The molecule has 0 saturated carbocycles. The fraction of sp³-hybridized carbons (Fsp3) is 0.200. The number of carbonyl (C=O) groups excluding carboxylic acids is 2. The molecule has 0 unspecified atom stereocenters. The van der Waals surface area contributed by atoms with Crippen LogP contribution in [0, 0.1) is 0 Å². The molecule has 0 aliphatic carbocycles. The van der Waals surface area contributed by atoms with Crippen molar-refractivity contribution < 1.29 is 9.59 Å². The first-order valence-electron chi connectivity index (χ1n) is 3.75. The summed E-state index contributed by atoms with van der Waals surface area (Å²) in [5.74, 6) is 0. The third-order valence-corrected chi connectivity index (χ3v) is 0.849. The van der Waals surface area contributed by atoms with Crippen LogP contribution >= 0.6 is 0 Å². The minimum atomic E-state index is 1.31. The Balaban J connectivity index is 0. The van der Waals surface area contributed by atoms with Crippen molar-refractivity contribution in [3.63, 3.8) is 0 Å². The van der Waals surface area contributed by atoms with E-state index in [1.54, 1.807) is 0 Å². The first-order chi connectivity index (χ1) is 6.83. The van der Waals surface area contributed by atoms with Gasteiger partial charge in [0.15, 0.2) is 0 Å². The van der Waals surface area contributed by atoms with Crippen molar-refractivity contribution in [2.24, 2.45) is 9.98 Å². The molecule has 0 heterocycles. The Labute approximate surface area is 83.0 Å². The molecular weight excluding hydrogens is 180 g/mol. The van der Waals surface area contributed by atoms with Crippen LogP contribution in [-0.4, -0.2) is 26.3 Å². The molecule has 0 aliphatic rings. The zero-order valence-corrected chi connectivity index (χ0v) is 8.18. The van der Waals surface area contributed by atoms with Gasteiger partial charge in [0.2, 0.25) is 12.2 Å². The van der Waals surface area contributed by atoms with Gasteiger partial charge >= 0.3 is 0 Å². The van der Waals surface area contributed by atoms with Crippen molar-refractivity contribution in [2.75, 3.05) is 14.1 Å². The summed E-state index contributed by atoms with van der Waals surface area (Å²) in [5.41, 5.74) is 0. The van der Waals surface area contributed by atoms with Gasteiger partial charge in [-0.1, -0.05) is 36.4 Å².